The minimum Gasteiger partial charge on any atom is -0.304 e. The highest BCUT2D eigenvalue weighted by molar-refractivity contribution is 6.05. The van der Waals surface area contributed by atoms with Gasteiger partial charge in [-0.1, -0.05) is 97.1 Å². The van der Waals surface area contributed by atoms with Crippen molar-refractivity contribution < 1.29 is 0 Å². The van der Waals surface area contributed by atoms with E-state index in [0.29, 0.717) is 0 Å². The van der Waals surface area contributed by atoms with Crippen molar-refractivity contribution in [3.63, 3.8) is 0 Å². The number of anilines is 3. The first-order valence-electron chi connectivity index (χ1n) is 15.1. The monoisotopic (exact) mass is 577 g/mol. The van der Waals surface area contributed by atoms with Crippen LogP contribution in [-0.4, -0.2) is 19.5 Å². The highest BCUT2D eigenvalue weighted by atomic mass is 15.2. The van der Waals surface area contributed by atoms with Gasteiger partial charge in [0.2, 0.25) is 0 Å². The SMILES string of the molecule is c1ccc(C2(c3ccccc3)c3ccccc3N(c3ccc4c(n3)c3ncccc3n4-c3cccnc3)c3ccccc32)cc1. The highest BCUT2D eigenvalue weighted by Crippen LogP contribution is 2.57. The van der Waals surface area contributed by atoms with E-state index in [0.717, 1.165) is 44.9 Å². The maximum atomic E-state index is 5.39. The van der Waals surface area contributed by atoms with E-state index in [1.165, 1.54) is 22.3 Å². The molecule has 0 bridgehead atoms. The Morgan fingerprint density at radius 3 is 1.73 bits per heavy atom. The van der Waals surface area contributed by atoms with Gasteiger partial charge in [-0.25, -0.2) is 4.98 Å². The number of aromatic nitrogens is 4. The predicted octanol–water partition coefficient (Wildman–Crippen LogP) is 9.13. The lowest BCUT2D eigenvalue weighted by Gasteiger charge is -2.46. The lowest BCUT2D eigenvalue weighted by molar-refractivity contribution is 0.730. The normalized spacial score (nSPS) is 13.5. The average molecular weight is 578 g/mol. The van der Waals surface area contributed by atoms with Gasteiger partial charge in [0, 0.05) is 12.4 Å². The number of fused-ring (bicyclic) bond motifs is 5. The molecule has 0 aliphatic carbocycles. The predicted molar refractivity (Wildman–Crippen MR) is 181 cm³/mol. The summed E-state index contributed by atoms with van der Waals surface area (Å²) in [6.45, 7) is 0. The molecule has 0 unspecified atom stereocenters. The minimum absolute atomic E-state index is 0.520. The maximum Gasteiger partial charge on any atom is 0.138 e. The molecule has 0 atom stereocenters. The highest BCUT2D eigenvalue weighted by Gasteiger charge is 2.46. The van der Waals surface area contributed by atoms with E-state index in [-0.39, 0.29) is 0 Å². The van der Waals surface area contributed by atoms with Gasteiger partial charge in [-0.2, -0.15) is 0 Å². The summed E-state index contributed by atoms with van der Waals surface area (Å²) in [7, 11) is 0. The molecular weight excluding hydrogens is 550 g/mol. The number of nitrogens with zero attached hydrogens (tertiary/aromatic N) is 5. The molecule has 4 aromatic carbocycles. The molecule has 45 heavy (non-hydrogen) atoms. The Balaban J connectivity index is 1.34. The number of rotatable bonds is 4. The van der Waals surface area contributed by atoms with Gasteiger partial charge in [-0.3, -0.25) is 14.9 Å². The average Bonchev–Trinajstić information content (AvgIpc) is 3.45. The second-order valence-corrected chi connectivity index (χ2v) is 11.3. The van der Waals surface area contributed by atoms with Crippen molar-refractivity contribution in [3.8, 4) is 5.69 Å². The molecule has 0 fully saturated rings. The largest absolute Gasteiger partial charge is 0.304 e. The summed E-state index contributed by atoms with van der Waals surface area (Å²) in [5.74, 6) is 0.841. The lowest BCUT2D eigenvalue weighted by Crippen LogP contribution is -2.37. The van der Waals surface area contributed by atoms with Crippen LogP contribution in [-0.2, 0) is 5.41 Å². The molecule has 1 aliphatic rings. The first-order chi connectivity index (χ1) is 22.4. The first kappa shape index (κ1) is 25.4. The third kappa shape index (κ3) is 3.64. The van der Waals surface area contributed by atoms with Crippen LogP contribution in [0.2, 0.25) is 0 Å². The Bertz CT molecular complexity index is 2240. The van der Waals surface area contributed by atoms with Crippen LogP contribution in [0.3, 0.4) is 0 Å². The quantitative estimate of drug-likeness (QED) is 0.209. The van der Waals surface area contributed by atoms with E-state index in [9.17, 15) is 0 Å². The van der Waals surface area contributed by atoms with Gasteiger partial charge in [-0.15, -0.1) is 0 Å². The summed E-state index contributed by atoms with van der Waals surface area (Å²) < 4.78 is 2.19. The number of pyridine rings is 3. The van der Waals surface area contributed by atoms with E-state index in [2.05, 4.69) is 148 Å². The lowest BCUT2D eigenvalue weighted by atomic mass is 9.62. The van der Waals surface area contributed by atoms with Crippen molar-refractivity contribution in [2.75, 3.05) is 4.90 Å². The third-order valence-corrected chi connectivity index (χ3v) is 9.00. The Labute approximate surface area is 260 Å². The number of hydrogen-bond acceptors (Lipinski definition) is 4. The molecule has 212 valence electrons. The maximum absolute atomic E-state index is 5.39. The van der Waals surface area contributed by atoms with Gasteiger partial charge in [0.1, 0.15) is 16.9 Å². The molecule has 5 heterocycles. The van der Waals surface area contributed by atoms with Crippen molar-refractivity contribution >= 4 is 39.3 Å². The summed E-state index contributed by atoms with van der Waals surface area (Å²) in [6, 6.07) is 51.6. The van der Waals surface area contributed by atoms with Crippen molar-refractivity contribution in [2.24, 2.45) is 0 Å². The zero-order valence-electron chi connectivity index (χ0n) is 24.3. The van der Waals surface area contributed by atoms with E-state index in [1.54, 1.807) is 6.20 Å². The van der Waals surface area contributed by atoms with Crippen molar-refractivity contribution in [1.82, 2.24) is 19.5 Å². The molecule has 8 aromatic rings. The summed E-state index contributed by atoms with van der Waals surface area (Å²) >= 11 is 0. The van der Waals surface area contributed by atoms with E-state index in [1.807, 2.05) is 24.5 Å². The van der Waals surface area contributed by atoms with Crippen LogP contribution >= 0.6 is 0 Å². The fourth-order valence-electron chi connectivity index (χ4n) is 7.23. The Kier molecular flexibility index (Phi) is 5.65. The van der Waals surface area contributed by atoms with Gasteiger partial charge in [0.25, 0.3) is 0 Å². The molecule has 0 saturated carbocycles. The van der Waals surface area contributed by atoms with Crippen molar-refractivity contribution in [3.05, 3.63) is 186 Å². The zero-order valence-corrected chi connectivity index (χ0v) is 24.3. The molecule has 1 aliphatic heterocycles. The molecule has 0 N–H and O–H groups in total. The molecule has 4 aromatic heterocycles. The summed E-state index contributed by atoms with van der Waals surface area (Å²) in [4.78, 5) is 16.9. The molecule has 0 spiro atoms. The molecule has 5 heteroatoms. The fourth-order valence-corrected chi connectivity index (χ4v) is 7.23. The van der Waals surface area contributed by atoms with Gasteiger partial charge >= 0.3 is 0 Å². The van der Waals surface area contributed by atoms with Gasteiger partial charge in [0.05, 0.1) is 39.7 Å². The van der Waals surface area contributed by atoms with Crippen LogP contribution in [0.5, 0.6) is 0 Å². The second kappa shape index (κ2) is 10.00. The first-order valence-corrected chi connectivity index (χ1v) is 15.1. The number of hydrogen-bond donors (Lipinski definition) is 0. The van der Waals surface area contributed by atoms with Crippen molar-refractivity contribution in [2.45, 2.75) is 5.41 Å². The van der Waals surface area contributed by atoms with Gasteiger partial charge in [-0.05, 0) is 70.8 Å². The summed E-state index contributed by atoms with van der Waals surface area (Å²) in [5, 5.41) is 0. The second-order valence-electron chi connectivity index (χ2n) is 11.3. The molecule has 0 saturated heterocycles. The standard InChI is InChI=1S/C40H27N5/c1-3-13-28(14-4-1)40(29-15-5-2-6-16-29)31-18-7-9-20-33(31)45(34-21-10-8-19-32(34)40)37-24-23-36-39(43-37)38-35(22-12-26-42-38)44(36)30-17-11-25-41-27-30/h1-27H. The van der Waals surface area contributed by atoms with E-state index in [4.69, 9.17) is 9.97 Å². The Morgan fingerprint density at radius 2 is 1.09 bits per heavy atom. The van der Waals surface area contributed by atoms with Crippen LogP contribution in [0.25, 0.3) is 27.8 Å². The summed E-state index contributed by atoms with van der Waals surface area (Å²) in [5.41, 5.74) is 11.2. The van der Waals surface area contributed by atoms with Crippen LogP contribution in [0.1, 0.15) is 22.3 Å². The van der Waals surface area contributed by atoms with Gasteiger partial charge in [0.15, 0.2) is 0 Å². The minimum atomic E-state index is -0.520. The van der Waals surface area contributed by atoms with Crippen LogP contribution in [0.15, 0.2) is 164 Å². The molecule has 0 radical (unpaired) electrons. The third-order valence-electron chi connectivity index (χ3n) is 9.00. The van der Waals surface area contributed by atoms with E-state index < -0.39 is 5.41 Å². The zero-order chi connectivity index (χ0) is 29.8. The van der Waals surface area contributed by atoms with Crippen molar-refractivity contribution in [1.29, 1.82) is 0 Å². The number of para-hydroxylation sites is 2. The Morgan fingerprint density at radius 1 is 0.489 bits per heavy atom. The molecular formula is C40H27N5. The van der Waals surface area contributed by atoms with Crippen LogP contribution in [0, 0.1) is 0 Å². The number of benzene rings is 4. The van der Waals surface area contributed by atoms with Gasteiger partial charge < -0.3 is 4.57 Å². The van der Waals surface area contributed by atoms with Crippen LogP contribution in [0.4, 0.5) is 17.2 Å². The molecule has 0 amide bonds. The summed E-state index contributed by atoms with van der Waals surface area (Å²) in [6.07, 6.45) is 5.51. The molecule has 9 rings (SSSR count). The smallest absolute Gasteiger partial charge is 0.138 e. The molecule has 5 nitrogen and oxygen atoms in total. The van der Waals surface area contributed by atoms with E-state index >= 15 is 0 Å². The topological polar surface area (TPSA) is 46.8 Å². The fraction of sp³-hybridized carbons (Fsp3) is 0.0250. The van der Waals surface area contributed by atoms with Crippen LogP contribution < -0.4 is 4.90 Å². The Hall–Kier alpha value is -6.07.